The summed E-state index contributed by atoms with van der Waals surface area (Å²) in [5, 5.41) is 0. The molecule has 0 heterocycles. The lowest BCUT2D eigenvalue weighted by molar-refractivity contribution is -0.140. The first-order valence-corrected chi connectivity index (χ1v) is 6.38. The van der Waals surface area contributed by atoms with Crippen molar-refractivity contribution in [3.63, 3.8) is 0 Å². The molecule has 0 bridgehead atoms. The van der Waals surface area contributed by atoms with Crippen LogP contribution in [0.5, 0.6) is 0 Å². The van der Waals surface area contributed by atoms with Gasteiger partial charge in [-0.05, 0) is 12.1 Å². The Balaban J connectivity index is 2.58. The Bertz CT molecular complexity index is 508. The molecule has 0 aliphatic heterocycles. The van der Waals surface area contributed by atoms with Crippen LogP contribution in [0.1, 0.15) is 0 Å². The number of hydrogen-bond donors (Lipinski definition) is 0. The smallest absolute Gasteiger partial charge is 0.366 e. The summed E-state index contributed by atoms with van der Waals surface area (Å²) >= 11 is 0. The van der Waals surface area contributed by atoms with Gasteiger partial charge in [-0.15, -0.1) is 0 Å². The Morgan fingerprint density at radius 2 is 1.88 bits per heavy atom. The van der Waals surface area contributed by atoms with Crippen molar-refractivity contribution in [1.82, 2.24) is 0 Å². The number of carbonyl (C=O) groups excluding carboxylic acids is 1. The SMILES string of the molecule is C=C(F)C(=O)OCCS(=O)(=O)c1ccccc1. The molecule has 0 unspecified atom stereocenters. The Labute approximate surface area is 98.6 Å². The molecule has 0 aliphatic rings. The van der Waals surface area contributed by atoms with Gasteiger partial charge in [0.25, 0.3) is 0 Å². The fourth-order valence-electron chi connectivity index (χ4n) is 1.07. The van der Waals surface area contributed by atoms with Gasteiger partial charge in [-0.1, -0.05) is 24.8 Å². The van der Waals surface area contributed by atoms with Crippen LogP contribution in [0.15, 0.2) is 47.6 Å². The average Bonchev–Trinajstić information content (AvgIpc) is 2.29. The summed E-state index contributed by atoms with van der Waals surface area (Å²) in [7, 11) is -3.51. The zero-order valence-electron chi connectivity index (χ0n) is 8.93. The normalized spacial score (nSPS) is 10.9. The van der Waals surface area contributed by atoms with E-state index in [1.54, 1.807) is 18.2 Å². The number of carbonyl (C=O) groups is 1. The second-order valence-electron chi connectivity index (χ2n) is 3.17. The summed E-state index contributed by atoms with van der Waals surface area (Å²) in [6.45, 7) is 2.33. The zero-order chi connectivity index (χ0) is 12.9. The molecule has 6 heteroatoms. The molecular formula is C11H11FO4S. The van der Waals surface area contributed by atoms with E-state index in [1.807, 2.05) is 0 Å². The van der Waals surface area contributed by atoms with Gasteiger partial charge in [-0.25, -0.2) is 13.2 Å². The number of rotatable bonds is 5. The van der Waals surface area contributed by atoms with Crippen LogP contribution in [0, 0.1) is 0 Å². The number of hydrogen-bond acceptors (Lipinski definition) is 4. The predicted octanol–water partition coefficient (Wildman–Crippen LogP) is 1.49. The van der Waals surface area contributed by atoms with Crippen molar-refractivity contribution >= 4 is 15.8 Å². The number of halogens is 1. The first-order chi connectivity index (χ1) is 7.93. The summed E-state index contributed by atoms with van der Waals surface area (Å²) in [5.74, 6) is -2.88. The summed E-state index contributed by atoms with van der Waals surface area (Å²) in [6.07, 6.45) is 0. The number of benzene rings is 1. The van der Waals surface area contributed by atoms with Gasteiger partial charge in [0.15, 0.2) is 9.84 Å². The van der Waals surface area contributed by atoms with Crippen LogP contribution >= 0.6 is 0 Å². The summed E-state index contributed by atoms with van der Waals surface area (Å²) in [5.41, 5.74) is 0. The highest BCUT2D eigenvalue weighted by molar-refractivity contribution is 7.91. The van der Waals surface area contributed by atoms with E-state index in [9.17, 15) is 17.6 Å². The van der Waals surface area contributed by atoms with Crippen molar-refractivity contribution in [1.29, 1.82) is 0 Å². The molecule has 0 spiro atoms. The Morgan fingerprint density at radius 1 is 1.29 bits per heavy atom. The summed E-state index contributed by atoms with van der Waals surface area (Å²) < 4.78 is 39.9. The lowest BCUT2D eigenvalue weighted by Crippen LogP contribution is -2.15. The van der Waals surface area contributed by atoms with Crippen molar-refractivity contribution < 1.29 is 22.3 Å². The Kier molecular flexibility index (Phi) is 4.39. The van der Waals surface area contributed by atoms with E-state index >= 15 is 0 Å². The van der Waals surface area contributed by atoms with Crippen LogP contribution in [-0.2, 0) is 19.4 Å². The second-order valence-corrected chi connectivity index (χ2v) is 5.28. The van der Waals surface area contributed by atoms with Gasteiger partial charge < -0.3 is 4.74 Å². The third-order valence-electron chi connectivity index (χ3n) is 1.91. The Morgan fingerprint density at radius 3 is 2.41 bits per heavy atom. The molecule has 1 aromatic carbocycles. The minimum atomic E-state index is -3.51. The van der Waals surface area contributed by atoms with Gasteiger partial charge in [-0.2, -0.15) is 4.39 Å². The number of esters is 1. The first kappa shape index (κ1) is 13.4. The monoisotopic (exact) mass is 258 g/mol. The van der Waals surface area contributed by atoms with Crippen molar-refractivity contribution in [2.75, 3.05) is 12.4 Å². The predicted molar refractivity (Wildman–Crippen MR) is 59.7 cm³/mol. The van der Waals surface area contributed by atoms with Crippen molar-refractivity contribution in [2.45, 2.75) is 4.90 Å². The molecule has 0 saturated carbocycles. The third-order valence-corrected chi connectivity index (χ3v) is 3.60. The maximum absolute atomic E-state index is 12.2. The van der Waals surface area contributed by atoms with E-state index in [0.29, 0.717) is 0 Å². The highest BCUT2D eigenvalue weighted by atomic mass is 32.2. The van der Waals surface area contributed by atoms with E-state index < -0.39 is 34.0 Å². The quantitative estimate of drug-likeness (QED) is 0.593. The van der Waals surface area contributed by atoms with Crippen LogP contribution in [0.2, 0.25) is 0 Å². The highest BCUT2D eigenvalue weighted by Gasteiger charge is 2.15. The van der Waals surface area contributed by atoms with Crippen molar-refractivity contribution in [3.05, 3.63) is 42.7 Å². The van der Waals surface area contributed by atoms with Crippen LogP contribution in [0.4, 0.5) is 4.39 Å². The third kappa shape index (κ3) is 3.99. The van der Waals surface area contributed by atoms with Crippen molar-refractivity contribution in [2.24, 2.45) is 0 Å². The fourth-order valence-corrected chi connectivity index (χ4v) is 2.18. The lowest BCUT2D eigenvalue weighted by Gasteiger charge is -2.04. The van der Waals surface area contributed by atoms with Crippen LogP contribution in [0.25, 0.3) is 0 Å². The van der Waals surface area contributed by atoms with Gasteiger partial charge in [0.2, 0.25) is 5.83 Å². The van der Waals surface area contributed by atoms with E-state index in [1.165, 1.54) is 12.1 Å². The van der Waals surface area contributed by atoms with Gasteiger partial charge >= 0.3 is 5.97 Å². The van der Waals surface area contributed by atoms with Crippen LogP contribution < -0.4 is 0 Å². The van der Waals surface area contributed by atoms with E-state index in [2.05, 4.69) is 11.3 Å². The lowest BCUT2D eigenvalue weighted by atomic mass is 10.4. The molecule has 0 aliphatic carbocycles. The highest BCUT2D eigenvalue weighted by Crippen LogP contribution is 2.10. The molecule has 0 amide bonds. The van der Waals surface area contributed by atoms with Gasteiger partial charge in [0, 0.05) is 0 Å². The number of sulfone groups is 1. The standard InChI is InChI=1S/C11H11FO4S/c1-9(12)11(13)16-7-8-17(14,15)10-5-3-2-4-6-10/h2-6H,1,7-8H2. The molecule has 4 nitrogen and oxygen atoms in total. The summed E-state index contributed by atoms with van der Waals surface area (Å²) in [4.78, 5) is 10.8. The van der Waals surface area contributed by atoms with Crippen molar-refractivity contribution in [3.8, 4) is 0 Å². The Hall–Kier alpha value is -1.69. The second kappa shape index (κ2) is 5.58. The van der Waals surface area contributed by atoms with Gasteiger partial charge in [0.05, 0.1) is 10.6 Å². The molecule has 0 atom stereocenters. The van der Waals surface area contributed by atoms with Crippen LogP contribution in [-0.4, -0.2) is 26.7 Å². The minimum absolute atomic E-state index is 0.134. The van der Waals surface area contributed by atoms with Gasteiger partial charge in [0.1, 0.15) is 6.61 Å². The first-order valence-electron chi connectivity index (χ1n) is 4.73. The molecule has 92 valence electrons. The molecule has 0 saturated heterocycles. The van der Waals surface area contributed by atoms with Crippen LogP contribution in [0.3, 0.4) is 0 Å². The molecule has 0 radical (unpaired) electrons. The maximum atomic E-state index is 12.2. The molecule has 0 fully saturated rings. The molecule has 0 aromatic heterocycles. The van der Waals surface area contributed by atoms with Gasteiger partial charge in [-0.3, -0.25) is 0 Å². The fraction of sp³-hybridized carbons (Fsp3) is 0.182. The molecular weight excluding hydrogens is 247 g/mol. The maximum Gasteiger partial charge on any atom is 0.366 e. The minimum Gasteiger partial charge on any atom is -0.459 e. The largest absolute Gasteiger partial charge is 0.459 e. The molecule has 1 aromatic rings. The molecule has 17 heavy (non-hydrogen) atoms. The molecule has 0 N–H and O–H groups in total. The average molecular weight is 258 g/mol. The molecule has 1 rings (SSSR count). The van der Waals surface area contributed by atoms with E-state index in [-0.39, 0.29) is 4.90 Å². The van der Waals surface area contributed by atoms with E-state index in [0.717, 1.165) is 0 Å². The van der Waals surface area contributed by atoms with E-state index in [4.69, 9.17) is 0 Å². The number of ether oxygens (including phenoxy) is 1. The summed E-state index contributed by atoms with van der Waals surface area (Å²) in [6, 6.07) is 7.73. The zero-order valence-corrected chi connectivity index (χ0v) is 9.74. The topological polar surface area (TPSA) is 60.4 Å².